The third-order valence-electron chi connectivity index (χ3n) is 2.56. The molecule has 0 aromatic carbocycles. The van der Waals surface area contributed by atoms with Gasteiger partial charge in [-0.05, 0) is 26.1 Å². The van der Waals surface area contributed by atoms with Crippen molar-refractivity contribution in [3.8, 4) is 0 Å². The Labute approximate surface area is 116 Å². The first-order chi connectivity index (χ1) is 9.51. The van der Waals surface area contributed by atoms with Crippen LogP contribution in [0.3, 0.4) is 0 Å². The standard InChI is InChI=1S/C11H16N4O4S/c1-8-14-10(19-15-8)5-6-13-7-9-3-4-11(18-9)20(16,17)12-2/h3-4,12-13H,5-7H2,1-2H3. The van der Waals surface area contributed by atoms with Crippen molar-refractivity contribution in [2.75, 3.05) is 13.6 Å². The largest absolute Gasteiger partial charge is 0.447 e. The van der Waals surface area contributed by atoms with Gasteiger partial charge in [-0.1, -0.05) is 5.16 Å². The highest BCUT2D eigenvalue weighted by molar-refractivity contribution is 7.89. The summed E-state index contributed by atoms with van der Waals surface area (Å²) in [6.45, 7) is 2.80. The minimum Gasteiger partial charge on any atom is -0.447 e. The molecule has 110 valence electrons. The normalized spacial score (nSPS) is 11.9. The van der Waals surface area contributed by atoms with Crippen LogP contribution < -0.4 is 10.0 Å². The average molecular weight is 300 g/mol. The van der Waals surface area contributed by atoms with E-state index in [-0.39, 0.29) is 5.09 Å². The SMILES string of the molecule is CNS(=O)(=O)c1ccc(CNCCc2nc(C)no2)o1. The Morgan fingerprint density at radius 3 is 2.80 bits per heavy atom. The van der Waals surface area contributed by atoms with Crippen LogP contribution in [0.5, 0.6) is 0 Å². The maximum absolute atomic E-state index is 11.5. The average Bonchev–Trinajstić information content (AvgIpc) is 3.04. The van der Waals surface area contributed by atoms with Gasteiger partial charge in [0, 0.05) is 13.0 Å². The molecule has 2 N–H and O–H groups in total. The highest BCUT2D eigenvalue weighted by Crippen LogP contribution is 2.13. The van der Waals surface area contributed by atoms with Crippen molar-refractivity contribution in [2.24, 2.45) is 0 Å². The van der Waals surface area contributed by atoms with E-state index >= 15 is 0 Å². The molecule has 0 aliphatic carbocycles. The number of nitrogens with one attached hydrogen (secondary N) is 2. The predicted octanol–water partition coefficient (Wildman–Crippen LogP) is 0.211. The van der Waals surface area contributed by atoms with Gasteiger partial charge in [0.2, 0.25) is 11.0 Å². The van der Waals surface area contributed by atoms with Crippen LogP contribution in [0, 0.1) is 6.92 Å². The lowest BCUT2D eigenvalue weighted by atomic mass is 10.4. The molecule has 0 radical (unpaired) electrons. The molecule has 9 heteroatoms. The van der Waals surface area contributed by atoms with Crippen molar-refractivity contribution in [1.82, 2.24) is 20.2 Å². The van der Waals surface area contributed by atoms with Crippen molar-refractivity contribution in [1.29, 1.82) is 0 Å². The summed E-state index contributed by atoms with van der Waals surface area (Å²) in [6, 6.07) is 3.04. The first kappa shape index (κ1) is 14.7. The molecule has 2 aromatic rings. The maximum atomic E-state index is 11.5. The molecular weight excluding hydrogens is 284 g/mol. The van der Waals surface area contributed by atoms with Gasteiger partial charge in [-0.15, -0.1) is 0 Å². The van der Waals surface area contributed by atoms with E-state index in [0.29, 0.717) is 37.0 Å². The van der Waals surface area contributed by atoms with Gasteiger partial charge in [0.1, 0.15) is 5.76 Å². The van der Waals surface area contributed by atoms with E-state index in [1.165, 1.54) is 13.1 Å². The van der Waals surface area contributed by atoms with Crippen LogP contribution in [0.2, 0.25) is 0 Å². The summed E-state index contributed by atoms with van der Waals surface area (Å²) in [6.07, 6.45) is 0.600. The molecule has 0 bridgehead atoms. The van der Waals surface area contributed by atoms with Crippen molar-refractivity contribution in [2.45, 2.75) is 25.0 Å². The van der Waals surface area contributed by atoms with E-state index in [2.05, 4.69) is 20.2 Å². The van der Waals surface area contributed by atoms with E-state index in [0.717, 1.165) is 0 Å². The molecule has 0 fully saturated rings. The van der Waals surface area contributed by atoms with Gasteiger partial charge < -0.3 is 14.3 Å². The second-order valence-corrected chi connectivity index (χ2v) is 5.91. The summed E-state index contributed by atoms with van der Waals surface area (Å²) >= 11 is 0. The van der Waals surface area contributed by atoms with Crippen LogP contribution in [0.15, 0.2) is 26.2 Å². The van der Waals surface area contributed by atoms with Gasteiger partial charge in [0.15, 0.2) is 5.82 Å². The third-order valence-corrected chi connectivity index (χ3v) is 3.84. The molecule has 20 heavy (non-hydrogen) atoms. The van der Waals surface area contributed by atoms with Crippen LogP contribution in [-0.4, -0.2) is 32.2 Å². The molecule has 0 aliphatic heterocycles. The fraction of sp³-hybridized carbons (Fsp3) is 0.455. The molecule has 0 amide bonds. The number of sulfonamides is 1. The third kappa shape index (κ3) is 3.65. The Bertz CT molecular complexity index is 662. The summed E-state index contributed by atoms with van der Waals surface area (Å²) in [5.74, 6) is 1.71. The Morgan fingerprint density at radius 1 is 1.35 bits per heavy atom. The van der Waals surface area contributed by atoms with Crippen molar-refractivity contribution in [3.05, 3.63) is 29.6 Å². The number of hydrogen-bond acceptors (Lipinski definition) is 7. The second kappa shape index (κ2) is 6.16. The minimum atomic E-state index is -3.53. The Balaban J connectivity index is 1.80. The second-order valence-electron chi connectivity index (χ2n) is 4.09. The molecule has 2 heterocycles. The van der Waals surface area contributed by atoms with Crippen LogP contribution in [0.4, 0.5) is 0 Å². The lowest BCUT2D eigenvalue weighted by Crippen LogP contribution is -2.18. The molecule has 0 aliphatic rings. The summed E-state index contributed by atoms with van der Waals surface area (Å²) < 4.78 is 35.3. The van der Waals surface area contributed by atoms with Gasteiger partial charge in [-0.3, -0.25) is 0 Å². The summed E-state index contributed by atoms with van der Waals surface area (Å²) in [5, 5.41) is 6.70. The van der Waals surface area contributed by atoms with Gasteiger partial charge in [-0.25, -0.2) is 13.1 Å². The maximum Gasteiger partial charge on any atom is 0.273 e. The zero-order valence-electron chi connectivity index (χ0n) is 11.2. The smallest absolute Gasteiger partial charge is 0.273 e. The quantitative estimate of drug-likeness (QED) is 0.703. The first-order valence-corrected chi connectivity index (χ1v) is 7.52. The number of hydrogen-bond donors (Lipinski definition) is 2. The molecule has 0 saturated heterocycles. The molecule has 2 rings (SSSR count). The van der Waals surface area contributed by atoms with Crippen LogP contribution in [-0.2, 0) is 23.0 Å². The zero-order valence-corrected chi connectivity index (χ0v) is 12.0. The lowest BCUT2D eigenvalue weighted by molar-refractivity contribution is 0.368. The van der Waals surface area contributed by atoms with Crippen molar-refractivity contribution < 1.29 is 17.4 Å². The molecule has 0 atom stereocenters. The lowest BCUT2D eigenvalue weighted by Gasteiger charge is -2.00. The highest BCUT2D eigenvalue weighted by Gasteiger charge is 2.16. The van der Waals surface area contributed by atoms with Crippen molar-refractivity contribution >= 4 is 10.0 Å². The Morgan fingerprint density at radius 2 is 2.15 bits per heavy atom. The molecule has 0 saturated carbocycles. The van der Waals surface area contributed by atoms with E-state index in [4.69, 9.17) is 8.94 Å². The van der Waals surface area contributed by atoms with E-state index in [1.54, 1.807) is 13.0 Å². The number of nitrogens with zero attached hydrogens (tertiary/aromatic N) is 2. The predicted molar refractivity (Wildman–Crippen MR) is 69.4 cm³/mol. The Hall–Kier alpha value is -1.71. The van der Waals surface area contributed by atoms with E-state index < -0.39 is 10.0 Å². The minimum absolute atomic E-state index is 0.0932. The van der Waals surface area contributed by atoms with E-state index in [1.807, 2.05) is 0 Å². The summed E-state index contributed by atoms with van der Waals surface area (Å²) in [7, 11) is -2.19. The number of aromatic nitrogens is 2. The molecule has 0 spiro atoms. The van der Waals surface area contributed by atoms with Gasteiger partial charge in [0.05, 0.1) is 6.54 Å². The number of aryl methyl sites for hydroxylation is 1. The van der Waals surface area contributed by atoms with Gasteiger partial charge >= 0.3 is 0 Å². The highest BCUT2D eigenvalue weighted by atomic mass is 32.2. The first-order valence-electron chi connectivity index (χ1n) is 6.03. The summed E-state index contributed by atoms with van der Waals surface area (Å²) in [5.41, 5.74) is 0. The van der Waals surface area contributed by atoms with Crippen molar-refractivity contribution in [3.63, 3.8) is 0 Å². The number of furan rings is 1. The summed E-state index contributed by atoms with van der Waals surface area (Å²) in [4.78, 5) is 4.07. The topological polar surface area (TPSA) is 110 Å². The van der Waals surface area contributed by atoms with Crippen LogP contribution in [0.1, 0.15) is 17.5 Å². The molecular formula is C11H16N4O4S. The van der Waals surface area contributed by atoms with Gasteiger partial charge in [0.25, 0.3) is 10.0 Å². The fourth-order valence-electron chi connectivity index (χ4n) is 1.55. The van der Waals surface area contributed by atoms with E-state index in [9.17, 15) is 8.42 Å². The van der Waals surface area contributed by atoms with Gasteiger partial charge in [-0.2, -0.15) is 4.98 Å². The monoisotopic (exact) mass is 300 g/mol. The molecule has 2 aromatic heterocycles. The molecule has 8 nitrogen and oxygen atoms in total. The number of rotatable bonds is 7. The fourth-order valence-corrected chi connectivity index (χ4v) is 2.21. The van der Waals surface area contributed by atoms with Crippen LogP contribution in [0.25, 0.3) is 0 Å². The van der Waals surface area contributed by atoms with Crippen LogP contribution >= 0.6 is 0 Å². The Kier molecular flexibility index (Phi) is 4.53. The zero-order chi connectivity index (χ0) is 14.6. The molecule has 0 unspecified atom stereocenters.